The fourth-order valence-corrected chi connectivity index (χ4v) is 2.62. The topological polar surface area (TPSA) is 71.1 Å². The molecule has 0 saturated carbocycles. The average molecular weight is 451 g/mol. The number of hydrogen-bond donors (Lipinski definition) is 0. The van der Waals surface area contributed by atoms with E-state index >= 15 is 0 Å². The van der Waals surface area contributed by atoms with Gasteiger partial charge in [0.05, 0.1) is 18.8 Å². The Kier molecular flexibility index (Phi) is 8.97. The Morgan fingerprint density at radius 3 is 2.57 bits per heavy atom. The highest BCUT2D eigenvalue weighted by molar-refractivity contribution is 9.10. The number of carbonyl (C=O) groups is 2. The Hall–Kier alpha value is -2.38. The van der Waals surface area contributed by atoms with Crippen molar-refractivity contribution in [2.45, 2.75) is 19.8 Å². The van der Waals surface area contributed by atoms with E-state index in [2.05, 4.69) is 22.9 Å². The number of halogens is 1. The molecule has 0 spiro atoms. The fourth-order valence-electron chi connectivity index (χ4n) is 2.26. The lowest BCUT2D eigenvalue weighted by molar-refractivity contribution is 0.0387. The van der Waals surface area contributed by atoms with Gasteiger partial charge < -0.3 is 18.9 Å². The maximum absolute atomic E-state index is 12.7. The quantitative estimate of drug-likeness (QED) is 0.298. The second kappa shape index (κ2) is 11.5. The number of ether oxygens (including phenoxy) is 4. The molecule has 2 aromatic carbocycles. The van der Waals surface area contributed by atoms with Crippen molar-refractivity contribution in [1.82, 2.24) is 0 Å². The van der Waals surface area contributed by atoms with Gasteiger partial charge >= 0.3 is 11.9 Å². The monoisotopic (exact) mass is 450 g/mol. The van der Waals surface area contributed by atoms with E-state index in [1.165, 1.54) is 13.2 Å². The highest BCUT2D eigenvalue weighted by Crippen LogP contribution is 2.25. The van der Waals surface area contributed by atoms with Crippen molar-refractivity contribution < 1.29 is 28.5 Å². The number of hydrogen-bond acceptors (Lipinski definition) is 6. The van der Waals surface area contributed by atoms with E-state index < -0.39 is 11.9 Å². The van der Waals surface area contributed by atoms with Crippen LogP contribution < -0.4 is 9.47 Å². The molecule has 0 aliphatic rings. The first-order valence-corrected chi connectivity index (χ1v) is 9.75. The first kappa shape index (κ1) is 21.9. The molecular weight excluding hydrogens is 428 g/mol. The molecule has 0 amide bonds. The normalized spacial score (nSPS) is 10.4. The molecule has 0 aromatic heterocycles. The molecule has 2 aromatic rings. The van der Waals surface area contributed by atoms with Crippen LogP contribution in [-0.4, -0.2) is 38.9 Å². The van der Waals surface area contributed by atoms with Gasteiger partial charge in [-0.2, -0.15) is 0 Å². The summed E-state index contributed by atoms with van der Waals surface area (Å²) in [7, 11) is 1.52. The van der Waals surface area contributed by atoms with Gasteiger partial charge in [-0.25, -0.2) is 9.59 Å². The van der Waals surface area contributed by atoms with Crippen molar-refractivity contribution in [1.29, 1.82) is 0 Å². The number of benzene rings is 2. The lowest BCUT2D eigenvalue weighted by atomic mass is 10.2. The minimum Gasteiger partial charge on any atom is -0.493 e. The molecule has 0 atom stereocenters. The zero-order valence-corrected chi connectivity index (χ0v) is 17.5. The number of unbranched alkanes of at least 4 members (excludes halogenated alkanes) is 1. The van der Waals surface area contributed by atoms with Crippen LogP contribution in [0.4, 0.5) is 0 Å². The summed E-state index contributed by atoms with van der Waals surface area (Å²) in [6.07, 6.45) is 1.88. The third-order valence-electron chi connectivity index (χ3n) is 3.72. The van der Waals surface area contributed by atoms with Gasteiger partial charge in [0.25, 0.3) is 0 Å². The molecule has 0 saturated heterocycles. The Balaban J connectivity index is 2.11. The molecule has 0 bridgehead atoms. The number of methoxy groups -OCH3 is 1. The number of esters is 2. The van der Waals surface area contributed by atoms with Gasteiger partial charge in [-0.05, 0) is 42.8 Å². The van der Waals surface area contributed by atoms with E-state index in [9.17, 15) is 9.59 Å². The predicted molar refractivity (Wildman–Crippen MR) is 108 cm³/mol. The SMILES string of the molecule is CCCCOc1ccc(Br)cc1C(=O)Oc1cccc(C(=O)OCCOC)c1. The Bertz CT molecular complexity index is 805. The van der Waals surface area contributed by atoms with Gasteiger partial charge in [-0.3, -0.25) is 0 Å². The molecule has 0 aliphatic heterocycles. The van der Waals surface area contributed by atoms with E-state index in [1.54, 1.807) is 36.4 Å². The highest BCUT2D eigenvalue weighted by atomic mass is 79.9. The third kappa shape index (κ3) is 6.65. The van der Waals surface area contributed by atoms with Gasteiger partial charge in [-0.15, -0.1) is 0 Å². The summed E-state index contributed by atoms with van der Waals surface area (Å²) in [6.45, 7) is 3.04. The largest absolute Gasteiger partial charge is 0.493 e. The summed E-state index contributed by atoms with van der Waals surface area (Å²) in [6, 6.07) is 11.4. The second-order valence-corrected chi connectivity index (χ2v) is 6.80. The maximum Gasteiger partial charge on any atom is 0.347 e. The first-order valence-electron chi connectivity index (χ1n) is 8.95. The summed E-state index contributed by atoms with van der Waals surface area (Å²) in [5.74, 6) is -0.388. The molecule has 0 aliphatic carbocycles. The fraction of sp³-hybridized carbons (Fsp3) is 0.333. The summed E-state index contributed by atoms with van der Waals surface area (Å²) in [5.41, 5.74) is 0.591. The summed E-state index contributed by atoms with van der Waals surface area (Å²) < 4.78 is 21.8. The van der Waals surface area contributed by atoms with Crippen LogP contribution >= 0.6 is 15.9 Å². The van der Waals surface area contributed by atoms with Gasteiger partial charge in [0.15, 0.2) is 0 Å². The minimum absolute atomic E-state index is 0.149. The third-order valence-corrected chi connectivity index (χ3v) is 4.21. The highest BCUT2D eigenvalue weighted by Gasteiger charge is 2.17. The second-order valence-electron chi connectivity index (χ2n) is 5.89. The molecule has 7 heteroatoms. The Labute approximate surface area is 172 Å². The van der Waals surface area contributed by atoms with E-state index in [4.69, 9.17) is 18.9 Å². The molecule has 2 rings (SSSR count). The zero-order valence-electron chi connectivity index (χ0n) is 15.9. The van der Waals surface area contributed by atoms with E-state index in [1.807, 2.05) is 0 Å². The standard InChI is InChI=1S/C21H23BrO6/c1-3-4-10-26-19-9-8-16(22)14-18(19)21(24)28-17-7-5-6-15(13-17)20(23)27-12-11-25-2/h5-9,13-14H,3-4,10-12H2,1-2H3. The molecule has 150 valence electrons. The van der Waals surface area contributed by atoms with Crippen molar-refractivity contribution in [3.05, 3.63) is 58.1 Å². The van der Waals surface area contributed by atoms with Crippen LogP contribution in [0.1, 0.15) is 40.5 Å². The smallest absolute Gasteiger partial charge is 0.347 e. The zero-order chi connectivity index (χ0) is 20.4. The molecule has 0 N–H and O–H groups in total. The molecule has 0 radical (unpaired) electrons. The predicted octanol–water partition coefficient (Wildman–Crippen LogP) is 4.65. The van der Waals surface area contributed by atoms with Crippen molar-refractivity contribution in [2.24, 2.45) is 0 Å². The van der Waals surface area contributed by atoms with E-state index in [0.717, 1.165) is 17.3 Å². The van der Waals surface area contributed by atoms with Gasteiger partial charge in [-0.1, -0.05) is 35.3 Å². The lowest BCUT2D eigenvalue weighted by Gasteiger charge is -2.12. The molecule has 0 unspecified atom stereocenters. The van der Waals surface area contributed by atoms with E-state index in [-0.39, 0.29) is 17.9 Å². The maximum atomic E-state index is 12.7. The van der Waals surface area contributed by atoms with Crippen molar-refractivity contribution in [2.75, 3.05) is 26.9 Å². The molecule has 6 nitrogen and oxygen atoms in total. The van der Waals surface area contributed by atoms with Crippen LogP contribution in [0.5, 0.6) is 11.5 Å². The summed E-state index contributed by atoms with van der Waals surface area (Å²) in [5, 5.41) is 0. The van der Waals surface area contributed by atoms with Gasteiger partial charge in [0.2, 0.25) is 0 Å². The molecule has 0 fully saturated rings. The summed E-state index contributed by atoms with van der Waals surface area (Å²) in [4.78, 5) is 24.7. The summed E-state index contributed by atoms with van der Waals surface area (Å²) >= 11 is 3.36. The number of carbonyl (C=O) groups excluding carboxylic acids is 2. The molecular formula is C21H23BrO6. The number of rotatable bonds is 10. The van der Waals surface area contributed by atoms with Crippen LogP contribution in [-0.2, 0) is 9.47 Å². The van der Waals surface area contributed by atoms with Crippen molar-refractivity contribution >= 4 is 27.9 Å². The minimum atomic E-state index is -0.572. The van der Waals surface area contributed by atoms with Crippen molar-refractivity contribution in [3.8, 4) is 11.5 Å². The molecule has 28 heavy (non-hydrogen) atoms. The lowest BCUT2D eigenvalue weighted by Crippen LogP contribution is -2.13. The Morgan fingerprint density at radius 1 is 1.00 bits per heavy atom. The van der Waals surface area contributed by atoms with Crippen molar-refractivity contribution in [3.63, 3.8) is 0 Å². The van der Waals surface area contributed by atoms with E-state index in [0.29, 0.717) is 24.5 Å². The Morgan fingerprint density at radius 2 is 1.82 bits per heavy atom. The van der Waals surface area contributed by atoms with Gasteiger partial charge in [0, 0.05) is 11.6 Å². The van der Waals surface area contributed by atoms with Crippen LogP contribution in [0, 0.1) is 0 Å². The average Bonchev–Trinajstić information content (AvgIpc) is 2.69. The van der Waals surface area contributed by atoms with Gasteiger partial charge in [0.1, 0.15) is 23.7 Å². The van der Waals surface area contributed by atoms with Crippen LogP contribution in [0.15, 0.2) is 46.9 Å². The van der Waals surface area contributed by atoms with Crippen LogP contribution in [0.2, 0.25) is 0 Å². The van der Waals surface area contributed by atoms with Crippen LogP contribution in [0.3, 0.4) is 0 Å². The first-order chi connectivity index (χ1) is 13.5. The van der Waals surface area contributed by atoms with Crippen LogP contribution in [0.25, 0.3) is 0 Å². The molecule has 0 heterocycles.